The van der Waals surface area contributed by atoms with E-state index in [9.17, 15) is 22.4 Å². The van der Waals surface area contributed by atoms with Crippen molar-refractivity contribution in [2.24, 2.45) is 7.05 Å². The van der Waals surface area contributed by atoms with Crippen molar-refractivity contribution < 1.29 is 27.1 Å². The summed E-state index contributed by atoms with van der Waals surface area (Å²) < 4.78 is 56.8. The Morgan fingerprint density at radius 2 is 2.07 bits per heavy atom. The van der Waals surface area contributed by atoms with E-state index in [1.165, 1.54) is 24.4 Å². The Bertz CT molecular complexity index is 1060. The molecule has 0 bridgehead atoms. The van der Waals surface area contributed by atoms with Crippen LogP contribution in [0.15, 0.2) is 48.9 Å². The highest BCUT2D eigenvalue weighted by molar-refractivity contribution is 6.32. The number of halogens is 5. The lowest BCUT2D eigenvalue weighted by Gasteiger charge is -2.19. The van der Waals surface area contributed by atoms with Crippen molar-refractivity contribution in [3.63, 3.8) is 0 Å². The molecule has 0 aliphatic carbocycles. The van der Waals surface area contributed by atoms with Crippen LogP contribution >= 0.6 is 11.6 Å². The largest absolute Gasteiger partial charge is 0.467 e. The lowest BCUT2D eigenvalue weighted by Crippen LogP contribution is -2.31. The number of hydrogen-bond donors (Lipinski definition) is 1. The summed E-state index contributed by atoms with van der Waals surface area (Å²) in [7, 11) is 1.71. The van der Waals surface area contributed by atoms with Crippen LogP contribution in [-0.4, -0.2) is 33.2 Å². The van der Waals surface area contributed by atoms with Gasteiger partial charge in [-0.25, -0.2) is 14.4 Å². The summed E-state index contributed by atoms with van der Waals surface area (Å²) in [5, 5.41) is 2.46. The molecule has 0 radical (unpaired) electrons. The second-order valence-corrected chi connectivity index (χ2v) is 6.68. The van der Waals surface area contributed by atoms with Crippen LogP contribution in [0.2, 0.25) is 5.02 Å². The molecule has 6 nitrogen and oxygen atoms in total. The number of alkyl halides is 3. The minimum Gasteiger partial charge on any atom is -0.467 e. The molecule has 0 aliphatic rings. The molecular formula is C19H15ClF4N4O2. The number of amides is 1. The van der Waals surface area contributed by atoms with Crippen LogP contribution in [0.3, 0.4) is 0 Å². The summed E-state index contributed by atoms with van der Waals surface area (Å²) >= 11 is 5.90. The zero-order chi connectivity index (χ0) is 21.9. The van der Waals surface area contributed by atoms with Gasteiger partial charge in [-0.3, -0.25) is 4.79 Å². The molecule has 2 heterocycles. The van der Waals surface area contributed by atoms with Crippen LogP contribution in [0.25, 0.3) is 0 Å². The normalized spacial score (nSPS) is 12.5. The van der Waals surface area contributed by atoms with E-state index >= 15 is 0 Å². The fourth-order valence-electron chi connectivity index (χ4n) is 2.66. The summed E-state index contributed by atoms with van der Waals surface area (Å²) in [6, 6.07) is 5.99. The second-order valence-electron chi connectivity index (χ2n) is 6.27. The maximum atomic E-state index is 13.7. The molecule has 0 aliphatic heterocycles. The molecule has 30 heavy (non-hydrogen) atoms. The monoisotopic (exact) mass is 442 g/mol. The fourth-order valence-corrected chi connectivity index (χ4v) is 2.88. The molecule has 0 fully saturated rings. The first-order valence-electron chi connectivity index (χ1n) is 8.52. The van der Waals surface area contributed by atoms with Crippen molar-refractivity contribution in [1.82, 2.24) is 19.9 Å². The molecule has 158 valence electrons. The van der Waals surface area contributed by atoms with Gasteiger partial charge in [-0.1, -0.05) is 23.7 Å². The maximum Gasteiger partial charge on any atom is 0.422 e. The van der Waals surface area contributed by atoms with Crippen molar-refractivity contribution in [2.45, 2.75) is 12.2 Å². The Hall–Kier alpha value is -3.14. The molecule has 1 unspecified atom stereocenters. The minimum atomic E-state index is -4.55. The van der Waals surface area contributed by atoms with Crippen molar-refractivity contribution in [3.05, 3.63) is 76.7 Å². The average Bonchev–Trinajstić information content (AvgIpc) is 3.09. The molecule has 1 amide bonds. The van der Waals surface area contributed by atoms with Crippen LogP contribution in [0.1, 0.15) is 27.8 Å². The number of hydrogen-bond acceptors (Lipinski definition) is 4. The summed E-state index contributed by atoms with van der Waals surface area (Å²) in [6.07, 6.45) is -0.326. The topological polar surface area (TPSA) is 69.0 Å². The van der Waals surface area contributed by atoms with Gasteiger partial charge in [-0.05, 0) is 23.8 Å². The molecule has 0 saturated carbocycles. The Morgan fingerprint density at radius 1 is 1.30 bits per heavy atom. The lowest BCUT2D eigenvalue weighted by molar-refractivity contribution is -0.154. The van der Waals surface area contributed by atoms with Crippen molar-refractivity contribution in [3.8, 4) is 5.88 Å². The summed E-state index contributed by atoms with van der Waals surface area (Å²) in [5.74, 6) is -1.13. The number of rotatable bonds is 6. The van der Waals surface area contributed by atoms with Crippen LogP contribution in [0.4, 0.5) is 17.6 Å². The molecule has 1 atom stereocenters. The standard InChI is InChI=1S/C19H15ClF4N4O2/c1-28-6-5-25-16(28)15(11-3-2-4-13(21)7-11)27-17(29)12-8-14(20)18(26-9-12)30-10-19(22,23)24/h2-9,15H,10H2,1H3,(H,27,29). The molecule has 3 rings (SSSR count). The summed E-state index contributed by atoms with van der Waals surface area (Å²) in [4.78, 5) is 20.6. The van der Waals surface area contributed by atoms with Gasteiger partial charge in [-0.2, -0.15) is 13.2 Å². The Morgan fingerprint density at radius 3 is 2.67 bits per heavy atom. The van der Waals surface area contributed by atoms with Crippen molar-refractivity contribution in [2.75, 3.05) is 6.61 Å². The highest BCUT2D eigenvalue weighted by Gasteiger charge is 2.29. The van der Waals surface area contributed by atoms with E-state index in [0.29, 0.717) is 11.4 Å². The van der Waals surface area contributed by atoms with Crippen LogP contribution in [-0.2, 0) is 7.05 Å². The smallest absolute Gasteiger partial charge is 0.422 e. The van der Waals surface area contributed by atoms with Gasteiger partial charge < -0.3 is 14.6 Å². The highest BCUT2D eigenvalue weighted by atomic mass is 35.5. The Balaban J connectivity index is 1.84. The highest BCUT2D eigenvalue weighted by Crippen LogP contribution is 2.26. The Labute approximate surface area is 173 Å². The SMILES string of the molecule is Cn1ccnc1C(NC(=O)c1cnc(OCC(F)(F)F)c(Cl)c1)c1cccc(F)c1. The Kier molecular flexibility index (Phi) is 6.25. The van der Waals surface area contributed by atoms with Gasteiger partial charge in [0.1, 0.15) is 22.7 Å². The van der Waals surface area contributed by atoms with E-state index in [4.69, 9.17) is 11.6 Å². The predicted octanol–water partition coefficient (Wildman–Crippen LogP) is 4.07. The predicted molar refractivity (Wildman–Crippen MR) is 99.7 cm³/mol. The van der Waals surface area contributed by atoms with Gasteiger partial charge in [-0.15, -0.1) is 0 Å². The van der Waals surface area contributed by atoms with Gasteiger partial charge in [0.25, 0.3) is 5.91 Å². The fraction of sp³-hybridized carbons (Fsp3) is 0.211. The van der Waals surface area contributed by atoms with Gasteiger partial charge in [0.2, 0.25) is 5.88 Å². The molecule has 1 aromatic carbocycles. The number of aromatic nitrogens is 3. The van der Waals surface area contributed by atoms with Gasteiger partial charge in [0.05, 0.1) is 5.56 Å². The van der Waals surface area contributed by atoms with E-state index in [2.05, 4.69) is 20.0 Å². The maximum absolute atomic E-state index is 13.7. The number of aryl methyl sites for hydroxylation is 1. The number of imidazole rings is 1. The zero-order valence-electron chi connectivity index (χ0n) is 15.5. The number of carbonyl (C=O) groups is 1. The molecule has 2 aromatic heterocycles. The number of carbonyl (C=O) groups excluding carboxylic acids is 1. The first-order chi connectivity index (χ1) is 14.1. The number of pyridine rings is 1. The summed E-state index contributed by atoms with van der Waals surface area (Å²) in [5.41, 5.74) is 0.428. The summed E-state index contributed by atoms with van der Waals surface area (Å²) in [6.45, 7) is -1.56. The lowest BCUT2D eigenvalue weighted by atomic mass is 10.1. The van der Waals surface area contributed by atoms with E-state index < -0.39 is 36.4 Å². The number of nitrogens with one attached hydrogen (secondary N) is 1. The number of ether oxygens (including phenoxy) is 1. The minimum absolute atomic E-state index is 0.0185. The number of nitrogens with zero attached hydrogens (tertiary/aromatic N) is 3. The van der Waals surface area contributed by atoms with Crippen LogP contribution in [0.5, 0.6) is 5.88 Å². The van der Waals surface area contributed by atoms with Crippen molar-refractivity contribution in [1.29, 1.82) is 0 Å². The molecule has 3 aromatic rings. The third kappa shape index (κ3) is 5.26. The molecular weight excluding hydrogens is 428 g/mol. The first kappa shape index (κ1) is 21.6. The van der Waals surface area contributed by atoms with Gasteiger partial charge in [0.15, 0.2) is 6.61 Å². The van der Waals surface area contributed by atoms with E-state index in [1.807, 2.05) is 0 Å². The quantitative estimate of drug-likeness (QED) is 0.584. The van der Waals surface area contributed by atoms with Crippen LogP contribution < -0.4 is 10.1 Å². The molecule has 11 heteroatoms. The third-order valence-corrected chi connectivity index (χ3v) is 4.29. The van der Waals surface area contributed by atoms with Crippen molar-refractivity contribution >= 4 is 17.5 Å². The third-order valence-electron chi connectivity index (χ3n) is 4.02. The van der Waals surface area contributed by atoms with E-state index in [0.717, 1.165) is 12.3 Å². The molecule has 0 saturated heterocycles. The molecule has 0 spiro atoms. The van der Waals surface area contributed by atoms with E-state index in [1.54, 1.807) is 23.9 Å². The first-order valence-corrected chi connectivity index (χ1v) is 8.90. The van der Waals surface area contributed by atoms with E-state index in [-0.39, 0.29) is 10.6 Å². The second kappa shape index (κ2) is 8.70. The number of benzene rings is 1. The zero-order valence-corrected chi connectivity index (χ0v) is 16.2. The van der Waals surface area contributed by atoms with Crippen LogP contribution in [0, 0.1) is 5.82 Å². The average molecular weight is 443 g/mol. The molecule has 1 N–H and O–H groups in total. The van der Waals surface area contributed by atoms with Gasteiger partial charge >= 0.3 is 6.18 Å². The van der Waals surface area contributed by atoms with Gasteiger partial charge in [0, 0.05) is 25.6 Å².